The molecule has 0 aliphatic rings. The molecule has 0 aliphatic heterocycles. The topological polar surface area (TPSA) is 95.9 Å². The molecule has 0 spiro atoms. The summed E-state index contributed by atoms with van der Waals surface area (Å²) >= 11 is 0. The number of carbonyl (C=O) groups is 2. The highest BCUT2D eigenvalue weighted by Crippen LogP contribution is 2.17. The van der Waals surface area contributed by atoms with Crippen molar-refractivity contribution in [3.63, 3.8) is 0 Å². The van der Waals surface area contributed by atoms with Crippen molar-refractivity contribution in [1.29, 1.82) is 0 Å². The molecule has 0 aliphatic carbocycles. The van der Waals surface area contributed by atoms with Gasteiger partial charge in [-0.3, -0.25) is 9.59 Å². The molecular formula is C55H107NO5. The van der Waals surface area contributed by atoms with E-state index >= 15 is 0 Å². The normalized spacial score (nSPS) is 12.7. The second-order valence-corrected chi connectivity index (χ2v) is 18.9. The average molecular weight is 862 g/mol. The van der Waals surface area contributed by atoms with E-state index in [1.807, 2.05) is 0 Å². The van der Waals surface area contributed by atoms with E-state index in [2.05, 4.69) is 31.3 Å². The third-order valence-electron chi connectivity index (χ3n) is 12.8. The van der Waals surface area contributed by atoms with E-state index in [0.717, 1.165) is 51.4 Å². The minimum atomic E-state index is -0.670. The van der Waals surface area contributed by atoms with E-state index < -0.39 is 12.1 Å². The fourth-order valence-electron chi connectivity index (χ4n) is 8.58. The number of amides is 1. The summed E-state index contributed by atoms with van der Waals surface area (Å²) in [5.41, 5.74) is 0. The molecular weight excluding hydrogens is 755 g/mol. The Bertz CT molecular complexity index is 909. The van der Waals surface area contributed by atoms with Crippen LogP contribution in [0.5, 0.6) is 0 Å². The standard InChI is InChI=1S/C55H107NO5/c1-3-5-7-9-11-13-15-17-19-23-27-31-35-39-43-47-53(58)52(51-57)56-54(59)48-44-40-36-32-28-24-21-22-26-30-34-38-42-46-50-61-55(60)49-45-41-37-33-29-25-20-18-16-14-12-10-8-6-4-2/h18,20,52-53,57-58H,3-17,19,21-51H2,1-2H3,(H,56,59)/b20-18-. The molecule has 6 nitrogen and oxygen atoms in total. The Kier molecular flexibility index (Phi) is 50.1. The first-order valence-corrected chi connectivity index (χ1v) is 27.4. The van der Waals surface area contributed by atoms with Crippen molar-refractivity contribution >= 4 is 11.9 Å². The third kappa shape index (κ3) is 47.9. The Hall–Kier alpha value is -1.40. The van der Waals surface area contributed by atoms with Crippen LogP contribution in [0.2, 0.25) is 0 Å². The number of aliphatic hydroxyl groups is 2. The van der Waals surface area contributed by atoms with Crippen LogP contribution in [0.3, 0.4) is 0 Å². The highest BCUT2D eigenvalue weighted by Gasteiger charge is 2.20. The number of aliphatic hydroxyl groups excluding tert-OH is 2. The molecule has 3 N–H and O–H groups in total. The van der Waals surface area contributed by atoms with E-state index in [1.54, 1.807) is 0 Å². The van der Waals surface area contributed by atoms with Gasteiger partial charge in [-0.2, -0.15) is 0 Å². The molecule has 0 fully saturated rings. The van der Waals surface area contributed by atoms with E-state index in [4.69, 9.17) is 4.74 Å². The fraction of sp³-hybridized carbons (Fsp3) is 0.927. The van der Waals surface area contributed by atoms with Crippen LogP contribution in [0, 0.1) is 0 Å². The molecule has 0 bridgehead atoms. The molecule has 0 saturated heterocycles. The number of ether oxygens (including phenoxy) is 1. The quantitative estimate of drug-likeness (QED) is 0.0322. The van der Waals surface area contributed by atoms with E-state index in [9.17, 15) is 19.8 Å². The van der Waals surface area contributed by atoms with Gasteiger partial charge in [0, 0.05) is 12.8 Å². The lowest BCUT2D eigenvalue weighted by Gasteiger charge is -2.22. The monoisotopic (exact) mass is 862 g/mol. The number of allylic oxidation sites excluding steroid dienone is 2. The predicted octanol–water partition coefficient (Wildman–Crippen LogP) is 16.5. The maximum Gasteiger partial charge on any atom is 0.305 e. The van der Waals surface area contributed by atoms with Crippen LogP contribution in [0.1, 0.15) is 303 Å². The summed E-state index contributed by atoms with van der Waals surface area (Å²) in [5.74, 6) is -0.0537. The number of hydrogen-bond donors (Lipinski definition) is 3. The van der Waals surface area contributed by atoms with Gasteiger partial charge in [-0.25, -0.2) is 0 Å². The van der Waals surface area contributed by atoms with Crippen molar-refractivity contribution in [1.82, 2.24) is 5.32 Å². The smallest absolute Gasteiger partial charge is 0.305 e. The highest BCUT2D eigenvalue weighted by molar-refractivity contribution is 5.76. The highest BCUT2D eigenvalue weighted by atomic mass is 16.5. The van der Waals surface area contributed by atoms with Crippen LogP contribution < -0.4 is 5.32 Å². The zero-order chi connectivity index (χ0) is 44.4. The summed E-state index contributed by atoms with van der Waals surface area (Å²) in [6.07, 6.45) is 59.0. The maximum absolute atomic E-state index is 12.5. The van der Waals surface area contributed by atoms with Crippen molar-refractivity contribution in [2.45, 2.75) is 315 Å². The number of nitrogens with one attached hydrogen (secondary N) is 1. The Balaban J connectivity index is 3.44. The summed E-state index contributed by atoms with van der Waals surface area (Å²) in [6.45, 7) is 4.93. The van der Waals surface area contributed by atoms with E-state index in [-0.39, 0.29) is 18.5 Å². The zero-order valence-corrected chi connectivity index (χ0v) is 41.2. The first-order valence-electron chi connectivity index (χ1n) is 27.4. The fourth-order valence-corrected chi connectivity index (χ4v) is 8.58. The van der Waals surface area contributed by atoms with E-state index in [1.165, 1.54) is 218 Å². The van der Waals surface area contributed by atoms with Gasteiger partial charge in [0.05, 0.1) is 25.4 Å². The SMILES string of the molecule is CCCCCCCC/C=C\CCCCCCCC(=O)OCCCCCCCCCCCCCCCCC(=O)NC(CO)C(O)CCCCCCCCCCCCCCCCC. The van der Waals surface area contributed by atoms with E-state index in [0.29, 0.717) is 25.9 Å². The summed E-state index contributed by atoms with van der Waals surface area (Å²) in [5, 5.41) is 23.2. The molecule has 61 heavy (non-hydrogen) atoms. The number of rotatable bonds is 51. The van der Waals surface area contributed by atoms with Gasteiger partial charge in [-0.05, 0) is 51.4 Å². The van der Waals surface area contributed by atoms with Crippen molar-refractivity contribution in [2.24, 2.45) is 0 Å². The van der Waals surface area contributed by atoms with Gasteiger partial charge < -0.3 is 20.3 Å². The number of esters is 1. The van der Waals surface area contributed by atoms with Gasteiger partial charge in [0.1, 0.15) is 0 Å². The summed E-state index contributed by atoms with van der Waals surface area (Å²) in [4.78, 5) is 24.5. The number of carbonyl (C=O) groups excluding carboxylic acids is 2. The second-order valence-electron chi connectivity index (χ2n) is 18.9. The van der Waals surface area contributed by atoms with Crippen molar-refractivity contribution in [3.8, 4) is 0 Å². The summed E-state index contributed by atoms with van der Waals surface area (Å²) in [6, 6.07) is -0.548. The van der Waals surface area contributed by atoms with Crippen LogP contribution in [0.15, 0.2) is 12.2 Å². The summed E-state index contributed by atoms with van der Waals surface area (Å²) < 4.78 is 5.47. The molecule has 0 saturated carbocycles. The second kappa shape index (κ2) is 51.2. The lowest BCUT2D eigenvalue weighted by molar-refractivity contribution is -0.143. The Morgan fingerprint density at radius 2 is 0.770 bits per heavy atom. The zero-order valence-electron chi connectivity index (χ0n) is 41.2. The van der Waals surface area contributed by atoms with Gasteiger partial charge >= 0.3 is 5.97 Å². The lowest BCUT2D eigenvalue weighted by atomic mass is 10.0. The minimum Gasteiger partial charge on any atom is -0.466 e. The number of hydrogen-bond acceptors (Lipinski definition) is 5. The van der Waals surface area contributed by atoms with Gasteiger partial charge in [0.25, 0.3) is 0 Å². The molecule has 2 unspecified atom stereocenters. The van der Waals surface area contributed by atoms with Crippen LogP contribution in [-0.2, 0) is 14.3 Å². The Morgan fingerprint density at radius 1 is 0.443 bits per heavy atom. The Morgan fingerprint density at radius 3 is 1.16 bits per heavy atom. The first-order chi connectivity index (χ1) is 30.0. The molecule has 0 aromatic rings. The van der Waals surface area contributed by atoms with Gasteiger partial charge in [-0.15, -0.1) is 0 Å². The van der Waals surface area contributed by atoms with Gasteiger partial charge in [0.2, 0.25) is 5.91 Å². The lowest BCUT2D eigenvalue weighted by Crippen LogP contribution is -2.45. The first kappa shape index (κ1) is 59.6. The van der Waals surface area contributed by atoms with Crippen molar-refractivity contribution in [2.75, 3.05) is 13.2 Å². The molecule has 6 heteroatoms. The van der Waals surface area contributed by atoms with Gasteiger partial charge in [0.15, 0.2) is 0 Å². The largest absolute Gasteiger partial charge is 0.466 e. The molecule has 0 heterocycles. The molecule has 0 radical (unpaired) electrons. The molecule has 0 rings (SSSR count). The molecule has 0 aromatic heterocycles. The molecule has 1 amide bonds. The van der Waals surface area contributed by atoms with Crippen LogP contribution in [0.25, 0.3) is 0 Å². The predicted molar refractivity (Wildman–Crippen MR) is 264 cm³/mol. The maximum atomic E-state index is 12.5. The molecule has 0 aromatic carbocycles. The molecule has 2 atom stereocenters. The van der Waals surface area contributed by atoms with Crippen LogP contribution in [-0.4, -0.2) is 47.4 Å². The third-order valence-corrected chi connectivity index (χ3v) is 12.8. The number of unbranched alkanes of at least 4 members (excludes halogenated alkanes) is 38. The minimum absolute atomic E-state index is 0.00957. The Labute approximate surface area is 380 Å². The average Bonchev–Trinajstić information content (AvgIpc) is 3.26. The van der Waals surface area contributed by atoms with Crippen molar-refractivity contribution in [3.05, 3.63) is 12.2 Å². The van der Waals surface area contributed by atoms with Crippen LogP contribution >= 0.6 is 0 Å². The summed E-state index contributed by atoms with van der Waals surface area (Å²) in [7, 11) is 0. The van der Waals surface area contributed by atoms with Crippen molar-refractivity contribution < 1.29 is 24.5 Å². The molecule has 362 valence electrons. The van der Waals surface area contributed by atoms with Gasteiger partial charge in [-0.1, -0.05) is 251 Å². The van der Waals surface area contributed by atoms with Crippen LogP contribution in [0.4, 0.5) is 0 Å².